The maximum Gasteiger partial charge on any atom is 0.268 e. The molecule has 6 nitrogen and oxygen atoms in total. The number of nitrogens with zero attached hydrogens (tertiary/aromatic N) is 4. The molecule has 1 atom stereocenters. The standard InChI is InChI=1S/C24H26N4O2S2/c1-13(2)12-31-24-26-25-23-27(16-8-6-15(5)7-9-16)21(29)20-17-10-18(14(3)4)30-11-19(17)32-22(20)28(23)24/h6-9,14,18H,1,10-12H2,2-5H3/t18-/m0/s1. The Morgan fingerprint density at radius 2 is 2.06 bits per heavy atom. The van der Waals surface area contributed by atoms with E-state index >= 15 is 0 Å². The van der Waals surface area contributed by atoms with Crippen molar-refractivity contribution in [3.63, 3.8) is 0 Å². The Balaban J connectivity index is 1.83. The second-order valence-corrected chi connectivity index (χ2v) is 10.8. The van der Waals surface area contributed by atoms with Gasteiger partial charge in [-0.1, -0.05) is 55.5 Å². The highest BCUT2D eigenvalue weighted by Gasteiger charge is 2.30. The first-order valence-corrected chi connectivity index (χ1v) is 12.6. The molecule has 1 aromatic carbocycles. The molecule has 3 aromatic heterocycles. The lowest BCUT2D eigenvalue weighted by Crippen LogP contribution is -2.28. The van der Waals surface area contributed by atoms with E-state index in [0.717, 1.165) is 54.8 Å². The largest absolute Gasteiger partial charge is 0.372 e. The van der Waals surface area contributed by atoms with E-state index in [4.69, 9.17) is 4.74 Å². The van der Waals surface area contributed by atoms with E-state index in [0.29, 0.717) is 18.3 Å². The van der Waals surface area contributed by atoms with Gasteiger partial charge in [0.05, 0.1) is 23.8 Å². The molecule has 0 bridgehead atoms. The Labute approximate surface area is 194 Å². The monoisotopic (exact) mass is 466 g/mol. The van der Waals surface area contributed by atoms with E-state index in [2.05, 4.69) is 30.6 Å². The van der Waals surface area contributed by atoms with Crippen LogP contribution in [-0.2, 0) is 17.8 Å². The molecule has 1 aliphatic rings. The van der Waals surface area contributed by atoms with Gasteiger partial charge < -0.3 is 4.74 Å². The Kier molecular flexibility index (Phi) is 5.47. The van der Waals surface area contributed by atoms with Crippen molar-refractivity contribution in [3.8, 4) is 5.69 Å². The third-order valence-electron chi connectivity index (χ3n) is 5.83. The lowest BCUT2D eigenvalue weighted by molar-refractivity contribution is 0.00200. The zero-order valence-electron chi connectivity index (χ0n) is 18.7. The summed E-state index contributed by atoms with van der Waals surface area (Å²) in [6.45, 7) is 12.9. The first-order chi connectivity index (χ1) is 15.3. The van der Waals surface area contributed by atoms with Crippen LogP contribution in [0.2, 0.25) is 0 Å². The van der Waals surface area contributed by atoms with Crippen molar-refractivity contribution in [2.75, 3.05) is 5.75 Å². The van der Waals surface area contributed by atoms with Gasteiger partial charge in [-0.25, -0.2) is 8.97 Å². The van der Waals surface area contributed by atoms with E-state index < -0.39 is 0 Å². The topological polar surface area (TPSA) is 61.4 Å². The van der Waals surface area contributed by atoms with E-state index in [-0.39, 0.29) is 11.7 Å². The van der Waals surface area contributed by atoms with Crippen LogP contribution in [0.25, 0.3) is 21.7 Å². The van der Waals surface area contributed by atoms with Gasteiger partial charge in [-0.05, 0) is 37.5 Å². The molecule has 0 saturated heterocycles. The Bertz CT molecular complexity index is 1400. The molecular weight excluding hydrogens is 440 g/mol. The predicted molar refractivity (Wildman–Crippen MR) is 131 cm³/mol. The van der Waals surface area contributed by atoms with Crippen molar-refractivity contribution in [1.29, 1.82) is 0 Å². The molecule has 0 unspecified atom stereocenters. The minimum atomic E-state index is -0.0397. The number of thiophene rings is 1. The normalized spacial score (nSPS) is 16.2. The van der Waals surface area contributed by atoms with E-state index in [1.165, 1.54) is 0 Å². The summed E-state index contributed by atoms with van der Waals surface area (Å²) in [5, 5.41) is 10.5. The summed E-state index contributed by atoms with van der Waals surface area (Å²) >= 11 is 3.22. The third-order valence-corrected chi connectivity index (χ3v) is 8.18. The predicted octanol–water partition coefficient (Wildman–Crippen LogP) is 5.17. The molecule has 0 aliphatic carbocycles. The third kappa shape index (κ3) is 3.50. The smallest absolute Gasteiger partial charge is 0.268 e. The highest BCUT2D eigenvalue weighted by molar-refractivity contribution is 7.99. The molecule has 0 spiro atoms. The molecule has 166 valence electrons. The van der Waals surface area contributed by atoms with Crippen LogP contribution in [-0.4, -0.2) is 31.0 Å². The van der Waals surface area contributed by atoms with Crippen LogP contribution in [0.15, 0.2) is 46.4 Å². The van der Waals surface area contributed by atoms with Gasteiger partial charge in [0.1, 0.15) is 4.83 Å². The van der Waals surface area contributed by atoms with E-state index in [1.54, 1.807) is 27.7 Å². The van der Waals surface area contributed by atoms with Crippen molar-refractivity contribution in [2.45, 2.75) is 52.0 Å². The van der Waals surface area contributed by atoms with Gasteiger partial charge in [0.15, 0.2) is 5.16 Å². The Morgan fingerprint density at radius 3 is 2.75 bits per heavy atom. The number of hydrogen-bond donors (Lipinski definition) is 0. The van der Waals surface area contributed by atoms with Gasteiger partial charge >= 0.3 is 0 Å². The van der Waals surface area contributed by atoms with Crippen LogP contribution in [0.5, 0.6) is 0 Å². The number of hydrogen-bond acceptors (Lipinski definition) is 6. The quantitative estimate of drug-likeness (QED) is 0.300. The molecule has 1 aliphatic heterocycles. The van der Waals surface area contributed by atoms with Gasteiger partial charge in [0.25, 0.3) is 5.56 Å². The van der Waals surface area contributed by atoms with Crippen molar-refractivity contribution >= 4 is 39.1 Å². The van der Waals surface area contributed by atoms with Crippen LogP contribution in [0, 0.1) is 12.8 Å². The Morgan fingerprint density at radius 1 is 1.31 bits per heavy atom. The highest BCUT2D eigenvalue weighted by Crippen LogP contribution is 2.37. The van der Waals surface area contributed by atoms with Crippen molar-refractivity contribution in [1.82, 2.24) is 19.2 Å². The number of fused-ring (bicyclic) bond motifs is 5. The fourth-order valence-corrected chi connectivity index (χ4v) is 6.15. The molecular formula is C24H26N4O2S2. The Hall–Kier alpha value is -2.42. The molecule has 0 fully saturated rings. The lowest BCUT2D eigenvalue weighted by Gasteiger charge is -2.26. The molecule has 8 heteroatoms. The summed E-state index contributed by atoms with van der Waals surface area (Å²) in [7, 11) is 0. The summed E-state index contributed by atoms with van der Waals surface area (Å²) < 4.78 is 9.85. The molecule has 5 rings (SSSR count). The van der Waals surface area contributed by atoms with Crippen LogP contribution in [0.3, 0.4) is 0 Å². The van der Waals surface area contributed by atoms with Crippen molar-refractivity contribution in [2.24, 2.45) is 5.92 Å². The average Bonchev–Trinajstić information content (AvgIpc) is 3.34. The zero-order chi connectivity index (χ0) is 22.6. The summed E-state index contributed by atoms with van der Waals surface area (Å²) in [4.78, 5) is 16.0. The summed E-state index contributed by atoms with van der Waals surface area (Å²) in [6, 6.07) is 7.97. The van der Waals surface area contributed by atoms with Gasteiger partial charge in [-0.15, -0.1) is 21.5 Å². The van der Waals surface area contributed by atoms with Crippen LogP contribution in [0.1, 0.15) is 36.8 Å². The number of aryl methyl sites for hydroxylation is 1. The first-order valence-electron chi connectivity index (χ1n) is 10.8. The number of ether oxygens (including phenoxy) is 1. The zero-order valence-corrected chi connectivity index (χ0v) is 20.3. The van der Waals surface area contributed by atoms with E-state index in [9.17, 15) is 4.79 Å². The number of thioether (sulfide) groups is 1. The number of aromatic nitrogens is 4. The average molecular weight is 467 g/mol. The van der Waals surface area contributed by atoms with Crippen molar-refractivity contribution in [3.05, 3.63) is 62.8 Å². The summed E-state index contributed by atoms with van der Waals surface area (Å²) in [6.07, 6.45) is 0.860. The minimum absolute atomic E-state index is 0.0397. The van der Waals surface area contributed by atoms with Crippen molar-refractivity contribution < 1.29 is 4.74 Å². The van der Waals surface area contributed by atoms with Gasteiger partial charge in [0, 0.05) is 17.1 Å². The second-order valence-electron chi connectivity index (χ2n) is 8.82. The van der Waals surface area contributed by atoms with Gasteiger partial charge in [0.2, 0.25) is 5.78 Å². The fraction of sp³-hybridized carbons (Fsp3) is 0.375. The van der Waals surface area contributed by atoms with Crippen LogP contribution < -0.4 is 5.56 Å². The van der Waals surface area contributed by atoms with Gasteiger partial charge in [-0.3, -0.25) is 4.79 Å². The van der Waals surface area contributed by atoms with Crippen LogP contribution >= 0.6 is 23.1 Å². The van der Waals surface area contributed by atoms with E-state index in [1.807, 2.05) is 42.5 Å². The fourth-order valence-electron chi connectivity index (χ4n) is 4.07. The SMILES string of the molecule is C=C(C)CSc1nnc2n(-c3ccc(C)cc3)c(=O)c3c4c(sc3n12)CO[C@H](C(C)C)C4. The van der Waals surface area contributed by atoms with Crippen LogP contribution in [0.4, 0.5) is 0 Å². The molecule has 0 radical (unpaired) electrons. The highest BCUT2D eigenvalue weighted by atomic mass is 32.2. The molecule has 4 heterocycles. The summed E-state index contributed by atoms with van der Waals surface area (Å²) in [5.41, 5.74) is 4.08. The number of rotatable bonds is 5. The molecule has 4 aromatic rings. The minimum Gasteiger partial charge on any atom is -0.372 e. The molecule has 32 heavy (non-hydrogen) atoms. The molecule has 0 N–H and O–H groups in total. The lowest BCUT2D eigenvalue weighted by atomic mass is 9.96. The number of benzene rings is 1. The second kappa shape index (κ2) is 8.17. The maximum absolute atomic E-state index is 13.9. The van der Waals surface area contributed by atoms with Gasteiger partial charge in [-0.2, -0.15) is 0 Å². The molecule has 0 saturated carbocycles. The summed E-state index contributed by atoms with van der Waals surface area (Å²) in [5.74, 6) is 1.67. The molecule has 0 amide bonds. The first kappa shape index (κ1) is 21.4. The maximum atomic E-state index is 13.9.